The van der Waals surface area contributed by atoms with Gasteiger partial charge in [0.15, 0.2) is 0 Å². The van der Waals surface area contributed by atoms with E-state index in [4.69, 9.17) is 0 Å². The maximum atomic E-state index is 13.3. The van der Waals surface area contributed by atoms with Crippen molar-refractivity contribution in [3.63, 3.8) is 0 Å². The zero-order chi connectivity index (χ0) is 17.4. The van der Waals surface area contributed by atoms with Gasteiger partial charge < -0.3 is 15.4 Å². The van der Waals surface area contributed by atoms with Crippen molar-refractivity contribution < 1.29 is 27.1 Å². The van der Waals surface area contributed by atoms with Crippen molar-refractivity contribution in [3.8, 4) is 5.88 Å². The average molecular weight is 347 g/mol. The molecule has 2 aliphatic carbocycles. The van der Waals surface area contributed by atoms with E-state index in [9.17, 15) is 22.4 Å². The maximum Gasteiger partial charge on any atom is 0.388 e. The van der Waals surface area contributed by atoms with Gasteiger partial charge in [0.1, 0.15) is 0 Å². The molecule has 2 fully saturated rings. The molecule has 0 saturated heterocycles. The van der Waals surface area contributed by atoms with Crippen molar-refractivity contribution in [1.82, 2.24) is 15.6 Å². The number of carbonyl (C=O) groups is 1. The van der Waals surface area contributed by atoms with E-state index in [1.54, 1.807) is 6.07 Å². The number of hydrogen-bond acceptors (Lipinski definition) is 3. The minimum absolute atomic E-state index is 0.0853. The van der Waals surface area contributed by atoms with Crippen molar-refractivity contribution in [3.05, 3.63) is 23.9 Å². The third-order valence-electron chi connectivity index (χ3n) is 4.62. The number of urea groups is 1. The Bertz CT molecular complexity index is 628. The number of carbonyl (C=O) groups excluding carboxylic acids is 1. The molecule has 0 aromatic carbocycles. The molecule has 2 aliphatic rings. The number of pyridine rings is 1. The normalized spacial score (nSPS) is 27.3. The molecule has 1 aromatic rings. The molecular formula is C15H17F4N3O2. The maximum absolute atomic E-state index is 13.3. The SMILES string of the molecule is O=C(NCc1ccnc(OC(F)F)c1)NC1CCC2(C1)CC2(F)F. The van der Waals surface area contributed by atoms with Crippen LogP contribution in [0.3, 0.4) is 0 Å². The number of hydrogen-bond donors (Lipinski definition) is 2. The number of aromatic nitrogens is 1. The molecule has 9 heteroatoms. The number of halogens is 4. The molecule has 2 amide bonds. The van der Waals surface area contributed by atoms with Crippen LogP contribution >= 0.6 is 0 Å². The Morgan fingerprint density at radius 2 is 2.21 bits per heavy atom. The fourth-order valence-corrected chi connectivity index (χ4v) is 3.26. The summed E-state index contributed by atoms with van der Waals surface area (Å²) in [5.74, 6) is -2.84. The minimum atomic E-state index is -2.97. The fourth-order valence-electron chi connectivity index (χ4n) is 3.26. The van der Waals surface area contributed by atoms with Gasteiger partial charge >= 0.3 is 12.6 Å². The lowest BCUT2D eigenvalue weighted by atomic mass is 10.1. The second-order valence-corrected chi connectivity index (χ2v) is 6.31. The van der Waals surface area contributed by atoms with Gasteiger partial charge in [0, 0.05) is 36.7 Å². The standard InChI is InChI=1S/C15H17F4N3O2/c16-12(17)24-11-5-9(2-4-20-11)7-21-13(23)22-10-1-3-14(6-10)8-15(14,18)19/h2,4-5,10,12H,1,3,6-8H2,(H2,21,22,23). The molecule has 24 heavy (non-hydrogen) atoms. The zero-order valence-electron chi connectivity index (χ0n) is 12.7. The monoisotopic (exact) mass is 347 g/mol. The molecule has 1 spiro atoms. The fraction of sp³-hybridized carbons (Fsp3) is 0.600. The van der Waals surface area contributed by atoms with E-state index in [0.29, 0.717) is 18.4 Å². The Hall–Kier alpha value is -2.06. The van der Waals surface area contributed by atoms with E-state index in [1.807, 2.05) is 0 Å². The van der Waals surface area contributed by atoms with E-state index >= 15 is 0 Å². The quantitative estimate of drug-likeness (QED) is 0.805. The Morgan fingerprint density at radius 3 is 2.83 bits per heavy atom. The van der Waals surface area contributed by atoms with Gasteiger partial charge in [0.25, 0.3) is 5.92 Å². The number of amides is 2. The first-order chi connectivity index (χ1) is 11.3. The molecule has 1 aromatic heterocycles. The van der Waals surface area contributed by atoms with Gasteiger partial charge in [-0.05, 0) is 30.9 Å². The Morgan fingerprint density at radius 1 is 1.46 bits per heavy atom. The number of alkyl halides is 4. The molecule has 3 rings (SSSR count). The lowest BCUT2D eigenvalue weighted by Crippen LogP contribution is -2.40. The summed E-state index contributed by atoms with van der Waals surface area (Å²) in [7, 11) is 0. The van der Waals surface area contributed by atoms with Crippen molar-refractivity contribution in [1.29, 1.82) is 0 Å². The average Bonchev–Trinajstić information content (AvgIpc) is 2.82. The van der Waals surface area contributed by atoms with Crippen molar-refractivity contribution >= 4 is 6.03 Å². The number of nitrogens with one attached hydrogen (secondary N) is 2. The van der Waals surface area contributed by atoms with Gasteiger partial charge in [0.05, 0.1) is 0 Å². The minimum Gasteiger partial charge on any atom is -0.417 e. The van der Waals surface area contributed by atoms with E-state index in [-0.39, 0.29) is 31.3 Å². The highest BCUT2D eigenvalue weighted by Gasteiger charge is 2.72. The molecule has 2 unspecified atom stereocenters. The molecule has 1 heterocycles. The van der Waals surface area contributed by atoms with Gasteiger partial charge in [-0.15, -0.1) is 0 Å². The summed E-state index contributed by atoms with van der Waals surface area (Å²) < 4.78 is 55.0. The predicted molar refractivity (Wildman–Crippen MR) is 75.9 cm³/mol. The highest BCUT2D eigenvalue weighted by atomic mass is 19.3. The van der Waals surface area contributed by atoms with Crippen molar-refractivity contribution in [2.75, 3.05) is 0 Å². The lowest BCUT2D eigenvalue weighted by Gasteiger charge is -2.14. The Labute approximate surface area is 135 Å². The van der Waals surface area contributed by atoms with Crippen LogP contribution in [0.4, 0.5) is 22.4 Å². The summed E-state index contributed by atoms with van der Waals surface area (Å²) in [5.41, 5.74) is -0.384. The topological polar surface area (TPSA) is 63.2 Å². The molecule has 2 atom stereocenters. The van der Waals surface area contributed by atoms with E-state index < -0.39 is 24.0 Å². The summed E-state index contributed by atoms with van der Waals surface area (Å²) in [6, 6.07) is 2.10. The number of nitrogens with zero attached hydrogens (tertiary/aromatic N) is 1. The van der Waals surface area contributed by atoms with Crippen LogP contribution in [0.1, 0.15) is 31.2 Å². The Balaban J connectivity index is 1.45. The van der Waals surface area contributed by atoms with E-state index in [0.717, 1.165) is 0 Å². The van der Waals surface area contributed by atoms with Gasteiger partial charge in [-0.3, -0.25) is 0 Å². The van der Waals surface area contributed by atoms with Gasteiger partial charge in [-0.2, -0.15) is 8.78 Å². The Kier molecular flexibility index (Phi) is 4.27. The van der Waals surface area contributed by atoms with E-state index in [2.05, 4.69) is 20.4 Å². The second kappa shape index (κ2) is 6.10. The molecule has 0 aliphatic heterocycles. The van der Waals surface area contributed by atoms with Crippen LogP contribution in [0.2, 0.25) is 0 Å². The van der Waals surface area contributed by atoms with Crippen molar-refractivity contribution in [2.45, 2.75) is 50.8 Å². The molecule has 132 valence electrons. The second-order valence-electron chi connectivity index (χ2n) is 6.31. The van der Waals surface area contributed by atoms with Crippen molar-refractivity contribution in [2.24, 2.45) is 5.41 Å². The number of rotatable bonds is 5. The third kappa shape index (κ3) is 3.54. The summed E-state index contributed by atoms with van der Waals surface area (Å²) in [4.78, 5) is 15.5. The first-order valence-corrected chi connectivity index (χ1v) is 7.62. The van der Waals surface area contributed by atoms with E-state index in [1.165, 1.54) is 12.3 Å². The highest BCUT2D eigenvalue weighted by molar-refractivity contribution is 5.74. The summed E-state index contributed by atoms with van der Waals surface area (Å²) in [6.07, 6.45) is 2.44. The van der Waals surface area contributed by atoms with Crippen LogP contribution in [0.15, 0.2) is 18.3 Å². The molecular weight excluding hydrogens is 330 g/mol. The number of ether oxygens (including phenoxy) is 1. The van der Waals surface area contributed by atoms with Crippen LogP contribution in [0.5, 0.6) is 5.88 Å². The third-order valence-corrected chi connectivity index (χ3v) is 4.62. The van der Waals surface area contributed by atoms with Crippen LogP contribution < -0.4 is 15.4 Å². The van der Waals surface area contributed by atoms with Crippen LogP contribution in [-0.4, -0.2) is 29.6 Å². The van der Waals surface area contributed by atoms with Gasteiger partial charge in [-0.1, -0.05) is 0 Å². The molecule has 0 radical (unpaired) electrons. The first-order valence-electron chi connectivity index (χ1n) is 7.62. The predicted octanol–water partition coefficient (Wildman–Crippen LogP) is 3.06. The van der Waals surface area contributed by atoms with Gasteiger partial charge in [-0.25, -0.2) is 18.6 Å². The van der Waals surface area contributed by atoms with Crippen LogP contribution in [0.25, 0.3) is 0 Å². The molecule has 0 bridgehead atoms. The summed E-state index contributed by atoms with van der Waals surface area (Å²) >= 11 is 0. The zero-order valence-corrected chi connectivity index (χ0v) is 12.7. The smallest absolute Gasteiger partial charge is 0.388 e. The molecule has 2 N–H and O–H groups in total. The summed E-state index contributed by atoms with van der Waals surface area (Å²) in [6.45, 7) is -2.89. The first kappa shape index (κ1) is 16.8. The molecule has 5 nitrogen and oxygen atoms in total. The lowest BCUT2D eigenvalue weighted by molar-refractivity contribution is -0.0529. The molecule has 2 saturated carbocycles. The van der Waals surface area contributed by atoms with Crippen LogP contribution in [0, 0.1) is 5.41 Å². The van der Waals surface area contributed by atoms with Gasteiger partial charge in [0.2, 0.25) is 5.88 Å². The van der Waals surface area contributed by atoms with Crippen LogP contribution in [-0.2, 0) is 6.54 Å². The summed E-state index contributed by atoms with van der Waals surface area (Å²) in [5, 5.41) is 5.25. The largest absolute Gasteiger partial charge is 0.417 e. The highest BCUT2D eigenvalue weighted by Crippen LogP contribution is 2.68.